The van der Waals surface area contributed by atoms with Gasteiger partial charge in [-0.15, -0.1) is 0 Å². The van der Waals surface area contributed by atoms with E-state index in [0.29, 0.717) is 47.8 Å². The lowest BCUT2D eigenvalue weighted by molar-refractivity contribution is 0.0694. The van der Waals surface area contributed by atoms with E-state index in [9.17, 15) is 14.7 Å². The molecule has 0 amide bonds. The summed E-state index contributed by atoms with van der Waals surface area (Å²) in [6, 6.07) is 15.4. The monoisotopic (exact) mass is 470 g/mol. The van der Waals surface area contributed by atoms with Crippen LogP contribution in [0.2, 0.25) is 0 Å². The van der Waals surface area contributed by atoms with Crippen molar-refractivity contribution in [2.75, 3.05) is 31.2 Å². The van der Waals surface area contributed by atoms with Crippen molar-refractivity contribution in [3.05, 3.63) is 75.0 Å². The normalized spacial score (nSPS) is 13.8. The van der Waals surface area contributed by atoms with Gasteiger partial charge in [-0.3, -0.25) is 4.79 Å². The Morgan fingerprint density at radius 1 is 1.07 bits per heavy atom. The molecule has 1 aliphatic heterocycles. The lowest BCUT2D eigenvalue weighted by atomic mass is 10.1. The minimum Gasteiger partial charge on any atom is -0.478 e. The predicted octanol–water partition coefficient (Wildman–Crippen LogP) is 4.13. The van der Waals surface area contributed by atoms with E-state index < -0.39 is 5.97 Å². The number of carboxylic acid groups (broad SMARTS) is 1. The molecule has 1 aliphatic rings. The average Bonchev–Trinajstić information content (AvgIpc) is 2.75. The number of anilines is 1. The van der Waals surface area contributed by atoms with Crippen molar-refractivity contribution in [3.8, 4) is 22.8 Å². The molecule has 154 valence electrons. The zero-order valence-electron chi connectivity index (χ0n) is 15.9. The molecule has 1 aromatic heterocycles. The maximum atomic E-state index is 12.3. The summed E-state index contributed by atoms with van der Waals surface area (Å²) in [7, 11) is 0. The third-order valence-corrected chi connectivity index (χ3v) is 5.27. The maximum Gasteiger partial charge on any atom is 0.339 e. The highest BCUT2D eigenvalue weighted by molar-refractivity contribution is 9.10. The lowest BCUT2D eigenvalue weighted by Crippen LogP contribution is -2.36. The third kappa shape index (κ3) is 4.39. The summed E-state index contributed by atoms with van der Waals surface area (Å²) >= 11 is 3.28. The number of halogens is 1. The summed E-state index contributed by atoms with van der Waals surface area (Å²) in [5.41, 5.74) is 1.87. The van der Waals surface area contributed by atoms with E-state index in [4.69, 9.17) is 9.47 Å². The lowest BCUT2D eigenvalue weighted by Gasteiger charge is -2.29. The number of hydrogen-bond donors (Lipinski definition) is 2. The van der Waals surface area contributed by atoms with E-state index in [2.05, 4.69) is 25.8 Å². The minimum absolute atomic E-state index is 0.0368. The molecule has 2 heterocycles. The second-order valence-corrected chi connectivity index (χ2v) is 7.68. The van der Waals surface area contributed by atoms with E-state index in [1.54, 1.807) is 30.3 Å². The molecule has 0 atom stereocenters. The molecule has 1 saturated heterocycles. The number of morpholine rings is 1. The van der Waals surface area contributed by atoms with Crippen LogP contribution >= 0.6 is 15.9 Å². The number of aromatic carboxylic acids is 1. The fraction of sp³-hybridized carbons (Fsp3) is 0.182. The van der Waals surface area contributed by atoms with Crippen LogP contribution in [0.1, 0.15) is 10.4 Å². The molecule has 0 unspecified atom stereocenters. The number of pyridine rings is 1. The van der Waals surface area contributed by atoms with Gasteiger partial charge in [-0.05, 0) is 36.4 Å². The Labute approximate surface area is 181 Å². The number of carbonyl (C=O) groups is 1. The number of carboxylic acids is 1. The summed E-state index contributed by atoms with van der Waals surface area (Å²) in [6.45, 7) is 2.65. The Morgan fingerprint density at radius 3 is 2.60 bits per heavy atom. The molecule has 3 aromatic rings. The molecule has 8 heteroatoms. The van der Waals surface area contributed by atoms with Gasteiger partial charge in [0.1, 0.15) is 17.1 Å². The number of aromatic amines is 1. The zero-order valence-corrected chi connectivity index (χ0v) is 17.5. The second-order valence-electron chi connectivity index (χ2n) is 6.76. The van der Waals surface area contributed by atoms with Crippen molar-refractivity contribution in [1.29, 1.82) is 0 Å². The van der Waals surface area contributed by atoms with E-state index in [1.807, 2.05) is 18.2 Å². The summed E-state index contributed by atoms with van der Waals surface area (Å²) in [4.78, 5) is 28.9. The number of aromatic nitrogens is 1. The van der Waals surface area contributed by atoms with Gasteiger partial charge in [0.15, 0.2) is 0 Å². The van der Waals surface area contributed by atoms with Crippen LogP contribution in [-0.2, 0) is 4.74 Å². The molecule has 0 aliphatic carbocycles. The standard InChI is InChI=1S/C22H19BrN2O5/c23-14-5-6-20(17(11-14)22(27)28)30-19-4-2-1-3-16(19)18-12-15(13-21(26)24-18)25-7-9-29-10-8-25/h1-6,11-13H,7-10H2,(H,24,26)(H,27,28). The largest absolute Gasteiger partial charge is 0.478 e. The van der Waals surface area contributed by atoms with Gasteiger partial charge in [0.25, 0.3) is 0 Å². The number of rotatable bonds is 5. The van der Waals surface area contributed by atoms with Crippen LogP contribution in [-0.4, -0.2) is 42.4 Å². The number of H-pyrrole nitrogens is 1. The van der Waals surface area contributed by atoms with Gasteiger partial charge in [0.2, 0.25) is 5.56 Å². The number of nitrogens with zero attached hydrogens (tertiary/aromatic N) is 1. The first-order valence-corrected chi connectivity index (χ1v) is 10.2. The molecule has 7 nitrogen and oxygen atoms in total. The first kappa shape index (κ1) is 20.2. The molecule has 1 fully saturated rings. The zero-order chi connectivity index (χ0) is 21.1. The first-order chi connectivity index (χ1) is 14.5. The molecule has 0 bridgehead atoms. The Balaban J connectivity index is 1.74. The Bertz CT molecular complexity index is 1140. The highest BCUT2D eigenvalue weighted by Gasteiger charge is 2.17. The minimum atomic E-state index is -1.09. The number of ether oxygens (including phenoxy) is 2. The Morgan fingerprint density at radius 2 is 1.83 bits per heavy atom. The highest BCUT2D eigenvalue weighted by atomic mass is 79.9. The average molecular weight is 471 g/mol. The highest BCUT2D eigenvalue weighted by Crippen LogP contribution is 2.35. The van der Waals surface area contributed by atoms with Crippen LogP contribution in [0.5, 0.6) is 11.5 Å². The molecule has 0 spiro atoms. The fourth-order valence-corrected chi connectivity index (χ4v) is 3.69. The number of benzene rings is 2. The van der Waals surface area contributed by atoms with Crippen molar-refractivity contribution in [2.24, 2.45) is 0 Å². The van der Waals surface area contributed by atoms with Crippen molar-refractivity contribution < 1.29 is 19.4 Å². The van der Waals surface area contributed by atoms with Gasteiger partial charge in [-0.2, -0.15) is 0 Å². The summed E-state index contributed by atoms with van der Waals surface area (Å²) in [6.07, 6.45) is 0. The van der Waals surface area contributed by atoms with Crippen LogP contribution < -0.4 is 15.2 Å². The quantitative estimate of drug-likeness (QED) is 0.582. The van der Waals surface area contributed by atoms with Gasteiger partial charge in [-0.1, -0.05) is 28.1 Å². The summed E-state index contributed by atoms with van der Waals surface area (Å²) in [5, 5.41) is 9.51. The molecular formula is C22H19BrN2O5. The number of para-hydroxylation sites is 1. The Kier molecular flexibility index (Phi) is 5.87. The Hall–Kier alpha value is -3.10. The van der Waals surface area contributed by atoms with Crippen LogP contribution in [0.3, 0.4) is 0 Å². The number of hydrogen-bond acceptors (Lipinski definition) is 5. The number of nitrogens with one attached hydrogen (secondary N) is 1. The van der Waals surface area contributed by atoms with Crippen LogP contribution in [0.25, 0.3) is 11.3 Å². The van der Waals surface area contributed by atoms with Crippen LogP contribution in [0.15, 0.2) is 63.9 Å². The van der Waals surface area contributed by atoms with E-state index in [0.717, 1.165) is 5.69 Å². The van der Waals surface area contributed by atoms with Crippen LogP contribution in [0.4, 0.5) is 5.69 Å². The maximum absolute atomic E-state index is 12.3. The predicted molar refractivity (Wildman–Crippen MR) is 117 cm³/mol. The van der Waals surface area contributed by atoms with Crippen LogP contribution in [0, 0.1) is 0 Å². The van der Waals surface area contributed by atoms with Gasteiger partial charge >= 0.3 is 5.97 Å². The molecule has 2 N–H and O–H groups in total. The van der Waals surface area contributed by atoms with Crippen molar-refractivity contribution in [3.63, 3.8) is 0 Å². The van der Waals surface area contributed by atoms with Crippen molar-refractivity contribution >= 4 is 27.6 Å². The van der Waals surface area contributed by atoms with E-state index >= 15 is 0 Å². The molecular weight excluding hydrogens is 452 g/mol. The molecule has 2 aromatic carbocycles. The fourth-order valence-electron chi connectivity index (χ4n) is 3.33. The first-order valence-electron chi connectivity index (χ1n) is 9.38. The molecule has 0 saturated carbocycles. The smallest absolute Gasteiger partial charge is 0.339 e. The van der Waals surface area contributed by atoms with Gasteiger partial charge in [0, 0.05) is 34.9 Å². The topological polar surface area (TPSA) is 91.9 Å². The SMILES string of the molecule is O=C(O)c1cc(Br)ccc1Oc1ccccc1-c1cc(N2CCOCC2)cc(=O)[nH]1. The van der Waals surface area contributed by atoms with Crippen molar-refractivity contribution in [2.45, 2.75) is 0 Å². The molecule has 4 rings (SSSR count). The second kappa shape index (κ2) is 8.73. The summed E-state index contributed by atoms with van der Waals surface area (Å²) < 4.78 is 12.0. The third-order valence-electron chi connectivity index (χ3n) is 4.77. The molecule has 0 radical (unpaired) electrons. The van der Waals surface area contributed by atoms with Crippen molar-refractivity contribution in [1.82, 2.24) is 4.98 Å². The molecule has 30 heavy (non-hydrogen) atoms. The van der Waals surface area contributed by atoms with Gasteiger partial charge < -0.3 is 24.5 Å². The van der Waals surface area contributed by atoms with E-state index in [1.165, 1.54) is 6.07 Å². The van der Waals surface area contributed by atoms with E-state index in [-0.39, 0.29) is 16.9 Å². The summed E-state index contributed by atoms with van der Waals surface area (Å²) in [5.74, 6) is -0.437. The van der Waals surface area contributed by atoms with Gasteiger partial charge in [-0.25, -0.2) is 4.79 Å². The van der Waals surface area contributed by atoms with Gasteiger partial charge in [0.05, 0.1) is 18.9 Å².